The maximum atomic E-state index is 13.8. The maximum Gasteiger partial charge on any atom is 0.257 e. The summed E-state index contributed by atoms with van der Waals surface area (Å²) in [5.41, 5.74) is 1.01. The van der Waals surface area contributed by atoms with Crippen molar-refractivity contribution in [2.24, 2.45) is 0 Å². The van der Waals surface area contributed by atoms with Gasteiger partial charge in [0.25, 0.3) is 5.91 Å². The van der Waals surface area contributed by atoms with Crippen LogP contribution in [0.4, 0.5) is 15.8 Å². The molecule has 0 aromatic heterocycles. The SMILES string of the molecule is CCNc1c(F)cccc1C(=O)Nc1ccc(Cl)cc1Br. The van der Waals surface area contributed by atoms with Crippen LogP contribution in [0.2, 0.25) is 5.02 Å². The Morgan fingerprint density at radius 2 is 2.10 bits per heavy atom. The third-order valence-electron chi connectivity index (χ3n) is 2.79. The highest BCUT2D eigenvalue weighted by Crippen LogP contribution is 2.27. The van der Waals surface area contributed by atoms with E-state index in [1.54, 1.807) is 24.3 Å². The van der Waals surface area contributed by atoms with Gasteiger partial charge in [0.05, 0.1) is 16.9 Å². The molecule has 0 aliphatic rings. The molecule has 0 heterocycles. The summed E-state index contributed by atoms with van der Waals surface area (Å²) in [4.78, 5) is 12.3. The molecule has 0 saturated heterocycles. The van der Waals surface area contributed by atoms with E-state index in [0.717, 1.165) is 0 Å². The molecule has 21 heavy (non-hydrogen) atoms. The highest BCUT2D eigenvalue weighted by Gasteiger charge is 2.15. The van der Waals surface area contributed by atoms with Gasteiger partial charge >= 0.3 is 0 Å². The Morgan fingerprint density at radius 3 is 2.76 bits per heavy atom. The van der Waals surface area contributed by atoms with Crippen LogP contribution in [-0.4, -0.2) is 12.5 Å². The zero-order chi connectivity index (χ0) is 15.4. The predicted octanol–water partition coefficient (Wildman–Crippen LogP) is 4.93. The van der Waals surface area contributed by atoms with Gasteiger partial charge in [0.1, 0.15) is 5.82 Å². The summed E-state index contributed by atoms with van der Waals surface area (Å²) >= 11 is 9.18. The van der Waals surface area contributed by atoms with Crippen LogP contribution in [0.25, 0.3) is 0 Å². The molecule has 3 nitrogen and oxygen atoms in total. The normalized spacial score (nSPS) is 10.3. The molecule has 0 saturated carbocycles. The first-order chi connectivity index (χ1) is 10.0. The standard InChI is InChI=1S/C15H13BrClFN2O/c1-2-19-14-10(4-3-5-12(14)18)15(21)20-13-7-6-9(17)8-11(13)16/h3-8,19H,2H2,1H3,(H,20,21). The van der Waals surface area contributed by atoms with Crippen molar-refractivity contribution in [3.63, 3.8) is 0 Å². The van der Waals surface area contributed by atoms with Gasteiger partial charge in [-0.25, -0.2) is 4.39 Å². The fraction of sp³-hybridized carbons (Fsp3) is 0.133. The third-order valence-corrected chi connectivity index (χ3v) is 3.68. The van der Waals surface area contributed by atoms with Crippen LogP contribution >= 0.6 is 27.5 Å². The van der Waals surface area contributed by atoms with Gasteiger partial charge in [-0.15, -0.1) is 0 Å². The molecule has 0 fully saturated rings. The van der Waals surface area contributed by atoms with Gasteiger partial charge in [0.2, 0.25) is 0 Å². The number of amides is 1. The molecular weight excluding hydrogens is 359 g/mol. The first-order valence-electron chi connectivity index (χ1n) is 6.31. The zero-order valence-electron chi connectivity index (χ0n) is 11.2. The number of para-hydroxylation sites is 1. The number of anilines is 2. The second kappa shape index (κ2) is 6.91. The van der Waals surface area contributed by atoms with Gasteiger partial charge in [-0.05, 0) is 53.2 Å². The lowest BCUT2D eigenvalue weighted by atomic mass is 10.1. The van der Waals surface area contributed by atoms with Crippen molar-refractivity contribution in [2.75, 3.05) is 17.2 Å². The summed E-state index contributed by atoms with van der Waals surface area (Å²) in [5.74, 6) is -0.854. The number of rotatable bonds is 4. The molecule has 2 rings (SSSR count). The lowest BCUT2D eigenvalue weighted by Gasteiger charge is -2.13. The zero-order valence-corrected chi connectivity index (χ0v) is 13.6. The molecule has 110 valence electrons. The van der Waals surface area contributed by atoms with Crippen LogP contribution in [-0.2, 0) is 0 Å². The van der Waals surface area contributed by atoms with Crippen molar-refractivity contribution >= 4 is 44.8 Å². The molecule has 0 radical (unpaired) electrons. The molecule has 0 unspecified atom stereocenters. The molecule has 0 spiro atoms. The van der Waals surface area contributed by atoms with Crippen LogP contribution in [0.5, 0.6) is 0 Å². The van der Waals surface area contributed by atoms with Crippen molar-refractivity contribution in [3.05, 3.63) is 57.3 Å². The minimum atomic E-state index is -0.459. The number of nitrogens with one attached hydrogen (secondary N) is 2. The fourth-order valence-electron chi connectivity index (χ4n) is 1.85. The second-order valence-corrected chi connectivity index (χ2v) is 5.56. The molecule has 2 N–H and O–H groups in total. The van der Waals surface area contributed by atoms with Gasteiger partial charge in [-0.2, -0.15) is 0 Å². The van der Waals surface area contributed by atoms with Crippen molar-refractivity contribution in [3.8, 4) is 0 Å². The topological polar surface area (TPSA) is 41.1 Å². The highest BCUT2D eigenvalue weighted by molar-refractivity contribution is 9.10. The minimum absolute atomic E-state index is 0.197. The van der Waals surface area contributed by atoms with Gasteiger partial charge in [0, 0.05) is 16.0 Å². The Bertz CT molecular complexity index is 679. The molecule has 0 bridgehead atoms. The molecule has 0 aliphatic heterocycles. The van der Waals surface area contributed by atoms with E-state index in [1.165, 1.54) is 12.1 Å². The lowest BCUT2D eigenvalue weighted by molar-refractivity contribution is 0.102. The Labute approximate surface area is 135 Å². The Hall–Kier alpha value is -1.59. The van der Waals surface area contributed by atoms with Gasteiger partial charge in [-0.3, -0.25) is 4.79 Å². The summed E-state index contributed by atoms with van der Waals surface area (Å²) in [6, 6.07) is 9.40. The Kier molecular flexibility index (Phi) is 5.20. The first-order valence-corrected chi connectivity index (χ1v) is 7.48. The number of carbonyl (C=O) groups excluding carboxylic acids is 1. The predicted molar refractivity (Wildman–Crippen MR) is 87.7 cm³/mol. The quantitative estimate of drug-likeness (QED) is 0.800. The van der Waals surface area contributed by atoms with Gasteiger partial charge < -0.3 is 10.6 Å². The van der Waals surface area contributed by atoms with E-state index >= 15 is 0 Å². The van der Waals surface area contributed by atoms with Gasteiger partial charge in [-0.1, -0.05) is 17.7 Å². The lowest BCUT2D eigenvalue weighted by Crippen LogP contribution is -2.16. The summed E-state index contributed by atoms with van der Waals surface area (Å²) in [7, 11) is 0. The third kappa shape index (κ3) is 3.74. The number of carbonyl (C=O) groups is 1. The van der Waals surface area contributed by atoms with Crippen molar-refractivity contribution in [1.29, 1.82) is 0 Å². The van der Waals surface area contributed by atoms with E-state index in [4.69, 9.17) is 11.6 Å². The van der Waals surface area contributed by atoms with Crippen LogP contribution in [0.1, 0.15) is 17.3 Å². The molecule has 2 aromatic rings. The summed E-state index contributed by atoms with van der Waals surface area (Å²) in [6.45, 7) is 2.36. The van der Waals surface area contributed by atoms with E-state index in [9.17, 15) is 9.18 Å². The monoisotopic (exact) mass is 370 g/mol. The van der Waals surface area contributed by atoms with Crippen LogP contribution in [0, 0.1) is 5.82 Å². The van der Waals surface area contributed by atoms with E-state index in [0.29, 0.717) is 21.7 Å². The molecule has 0 atom stereocenters. The summed E-state index contributed by atoms with van der Waals surface area (Å²) in [6.07, 6.45) is 0. The first kappa shape index (κ1) is 15.8. The summed E-state index contributed by atoms with van der Waals surface area (Å²) in [5, 5.41) is 6.15. The second-order valence-electron chi connectivity index (χ2n) is 4.27. The fourth-order valence-corrected chi connectivity index (χ4v) is 2.63. The Morgan fingerprint density at radius 1 is 1.33 bits per heavy atom. The number of benzene rings is 2. The molecule has 6 heteroatoms. The maximum absolute atomic E-state index is 13.8. The molecule has 0 aliphatic carbocycles. The van der Waals surface area contributed by atoms with Crippen molar-refractivity contribution in [1.82, 2.24) is 0 Å². The number of halogens is 3. The minimum Gasteiger partial charge on any atom is -0.382 e. The average Bonchev–Trinajstić information content (AvgIpc) is 2.44. The van der Waals surface area contributed by atoms with Crippen LogP contribution in [0.15, 0.2) is 40.9 Å². The smallest absolute Gasteiger partial charge is 0.257 e. The highest BCUT2D eigenvalue weighted by atomic mass is 79.9. The van der Waals surface area contributed by atoms with Crippen molar-refractivity contribution < 1.29 is 9.18 Å². The average molecular weight is 372 g/mol. The number of hydrogen-bond donors (Lipinski definition) is 2. The van der Waals surface area contributed by atoms with E-state index < -0.39 is 11.7 Å². The van der Waals surface area contributed by atoms with Crippen LogP contribution in [0.3, 0.4) is 0 Å². The largest absolute Gasteiger partial charge is 0.382 e. The van der Waals surface area contributed by atoms with Crippen LogP contribution < -0.4 is 10.6 Å². The van der Waals surface area contributed by atoms with Gasteiger partial charge in [0.15, 0.2) is 0 Å². The van der Waals surface area contributed by atoms with E-state index in [1.807, 2.05) is 6.92 Å². The molecule has 2 aromatic carbocycles. The molecular formula is C15H13BrClFN2O. The number of hydrogen-bond acceptors (Lipinski definition) is 2. The van der Waals surface area contributed by atoms with E-state index in [2.05, 4.69) is 26.6 Å². The van der Waals surface area contributed by atoms with E-state index in [-0.39, 0.29) is 11.3 Å². The Balaban J connectivity index is 2.30. The molecule has 1 amide bonds. The van der Waals surface area contributed by atoms with Crippen molar-refractivity contribution in [2.45, 2.75) is 6.92 Å². The summed E-state index contributed by atoms with van der Waals surface area (Å²) < 4.78 is 14.5.